The van der Waals surface area contributed by atoms with Crippen LogP contribution < -0.4 is 10.1 Å². The van der Waals surface area contributed by atoms with Crippen LogP contribution in [0.3, 0.4) is 0 Å². The third-order valence-corrected chi connectivity index (χ3v) is 2.81. The van der Waals surface area contributed by atoms with Crippen LogP contribution in [-0.4, -0.2) is 6.09 Å². The molecular formula is C14H9ClF3NO2. The molecule has 0 saturated heterocycles. The molecule has 1 amide bonds. The Hall–Kier alpha value is -2.21. The van der Waals surface area contributed by atoms with Crippen LogP contribution in [0.2, 0.25) is 5.02 Å². The Morgan fingerprint density at radius 3 is 2.38 bits per heavy atom. The molecule has 2 aromatic carbocycles. The summed E-state index contributed by atoms with van der Waals surface area (Å²) in [6.07, 6.45) is -5.45. The summed E-state index contributed by atoms with van der Waals surface area (Å²) >= 11 is 5.76. The Kier molecular flexibility index (Phi) is 4.37. The highest BCUT2D eigenvalue weighted by molar-refractivity contribution is 6.33. The third kappa shape index (κ3) is 4.13. The lowest BCUT2D eigenvalue weighted by molar-refractivity contribution is -0.137. The topological polar surface area (TPSA) is 38.3 Å². The summed E-state index contributed by atoms with van der Waals surface area (Å²) in [5, 5.41) is 2.16. The van der Waals surface area contributed by atoms with E-state index in [1.54, 1.807) is 18.2 Å². The number of rotatable bonds is 2. The second-order valence-corrected chi connectivity index (χ2v) is 4.43. The number of nitrogens with one attached hydrogen (secondary N) is 1. The zero-order valence-corrected chi connectivity index (χ0v) is 11.2. The molecule has 0 radical (unpaired) electrons. The lowest BCUT2D eigenvalue weighted by atomic mass is 10.2. The highest BCUT2D eigenvalue weighted by Gasteiger charge is 2.31. The number of amides is 1. The van der Waals surface area contributed by atoms with Gasteiger partial charge in [-0.3, -0.25) is 5.32 Å². The van der Waals surface area contributed by atoms with Gasteiger partial charge in [-0.2, -0.15) is 13.2 Å². The van der Waals surface area contributed by atoms with E-state index in [0.717, 1.165) is 18.2 Å². The van der Waals surface area contributed by atoms with E-state index in [1.807, 2.05) is 0 Å². The van der Waals surface area contributed by atoms with Crippen LogP contribution in [0.25, 0.3) is 0 Å². The molecule has 3 nitrogen and oxygen atoms in total. The average molecular weight is 316 g/mol. The highest BCUT2D eigenvalue weighted by Crippen LogP contribution is 2.33. The number of alkyl halides is 3. The number of anilines is 1. The highest BCUT2D eigenvalue weighted by atomic mass is 35.5. The van der Waals surface area contributed by atoms with Gasteiger partial charge >= 0.3 is 12.3 Å². The standard InChI is InChI=1S/C14H9ClF3NO2/c15-11-7-6-9(14(16,17)18)8-12(11)19-13(20)21-10-4-2-1-3-5-10/h1-8H,(H,19,20). The SMILES string of the molecule is O=C(Nc1cc(C(F)(F)F)ccc1Cl)Oc1ccccc1. The Morgan fingerprint density at radius 2 is 1.76 bits per heavy atom. The van der Waals surface area contributed by atoms with Crippen LogP contribution in [-0.2, 0) is 6.18 Å². The van der Waals surface area contributed by atoms with Gasteiger partial charge in [0.25, 0.3) is 0 Å². The van der Waals surface area contributed by atoms with Crippen molar-refractivity contribution in [3.05, 3.63) is 59.1 Å². The predicted octanol–water partition coefficient (Wildman–Crippen LogP) is 4.97. The fraction of sp³-hybridized carbons (Fsp3) is 0.0714. The smallest absolute Gasteiger partial charge is 0.410 e. The lowest BCUT2D eigenvalue weighted by Crippen LogP contribution is -2.17. The molecule has 110 valence electrons. The summed E-state index contributed by atoms with van der Waals surface area (Å²) in [6, 6.07) is 10.7. The Morgan fingerprint density at radius 1 is 1.10 bits per heavy atom. The van der Waals surface area contributed by atoms with Gasteiger partial charge in [0.05, 0.1) is 16.3 Å². The van der Waals surface area contributed by atoms with Gasteiger partial charge in [0, 0.05) is 0 Å². The summed E-state index contributed by atoms with van der Waals surface area (Å²) in [7, 11) is 0. The monoisotopic (exact) mass is 315 g/mol. The van der Waals surface area contributed by atoms with Gasteiger partial charge in [-0.1, -0.05) is 29.8 Å². The minimum Gasteiger partial charge on any atom is -0.410 e. The van der Waals surface area contributed by atoms with E-state index in [2.05, 4.69) is 5.32 Å². The first-order valence-corrected chi connectivity index (χ1v) is 6.14. The lowest BCUT2D eigenvalue weighted by Gasteiger charge is -2.11. The predicted molar refractivity (Wildman–Crippen MR) is 72.5 cm³/mol. The second-order valence-electron chi connectivity index (χ2n) is 4.02. The molecule has 7 heteroatoms. The fourth-order valence-corrected chi connectivity index (χ4v) is 1.69. The number of hydrogen-bond donors (Lipinski definition) is 1. The van der Waals surface area contributed by atoms with Crippen molar-refractivity contribution in [1.29, 1.82) is 0 Å². The minimum atomic E-state index is -4.52. The van der Waals surface area contributed by atoms with Crippen LogP contribution >= 0.6 is 11.6 Å². The molecule has 0 atom stereocenters. The summed E-state index contributed by atoms with van der Waals surface area (Å²) in [6.45, 7) is 0. The van der Waals surface area contributed by atoms with Crippen molar-refractivity contribution >= 4 is 23.4 Å². The maximum absolute atomic E-state index is 12.6. The summed E-state index contributed by atoms with van der Waals surface area (Å²) in [5.41, 5.74) is -1.09. The third-order valence-electron chi connectivity index (χ3n) is 2.48. The molecule has 0 saturated carbocycles. The molecule has 1 N–H and O–H groups in total. The normalized spacial score (nSPS) is 11.0. The van der Waals surface area contributed by atoms with E-state index >= 15 is 0 Å². The molecule has 0 heterocycles. The van der Waals surface area contributed by atoms with Gasteiger partial charge in [-0.15, -0.1) is 0 Å². The molecule has 0 spiro atoms. The van der Waals surface area contributed by atoms with Gasteiger partial charge in [0.15, 0.2) is 0 Å². The second kappa shape index (κ2) is 6.05. The van der Waals surface area contributed by atoms with Gasteiger partial charge < -0.3 is 4.74 Å². The molecular weight excluding hydrogens is 307 g/mol. The Balaban J connectivity index is 2.14. The van der Waals surface area contributed by atoms with Crippen molar-refractivity contribution in [3.8, 4) is 5.75 Å². The number of ether oxygens (including phenoxy) is 1. The van der Waals surface area contributed by atoms with Crippen LogP contribution in [0.5, 0.6) is 5.75 Å². The molecule has 0 unspecified atom stereocenters. The van der Waals surface area contributed by atoms with Gasteiger partial charge in [-0.05, 0) is 30.3 Å². The van der Waals surface area contributed by atoms with Crippen molar-refractivity contribution in [2.45, 2.75) is 6.18 Å². The molecule has 0 aliphatic carbocycles. The van der Waals surface area contributed by atoms with E-state index < -0.39 is 17.8 Å². The van der Waals surface area contributed by atoms with Crippen LogP contribution in [0.1, 0.15) is 5.56 Å². The van der Waals surface area contributed by atoms with Gasteiger partial charge in [0.1, 0.15) is 5.75 Å². The van der Waals surface area contributed by atoms with Gasteiger partial charge in [0.2, 0.25) is 0 Å². The van der Waals surface area contributed by atoms with E-state index in [0.29, 0.717) is 0 Å². The number of halogens is 4. The Bertz CT molecular complexity index is 644. The Labute approximate surface area is 123 Å². The molecule has 21 heavy (non-hydrogen) atoms. The number of para-hydroxylation sites is 1. The molecule has 0 aromatic heterocycles. The average Bonchev–Trinajstić information content (AvgIpc) is 2.41. The van der Waals surface area contributed by atoms with Crippen molar-refractivity contribution in [2.75, 3.05) is 5.32 Å². The molecule has 0 fully saturated rings. The first-order valence-electron chi connectivity index (χ1n) is 5.77. The number of hydrogen-bond acceptors (Lipinski definition) is 2. The van der Waals surface area contributed by atoms with Crippen molar-refractivity contribution in [2.24, 2.45) is 0 Å². The van der Waals surface area contributed by atoms with Gasteiger partial charge in [-0.25, -0.2) is 4.79 Å². The van der Waals surface area contributed by atoms with Crippen LogP contribution in [0.4, 0.5) is 23.7 Å². The number of carbonyl (C=O) groups is 1. The first kappa shape index (κ1) is 15.2. The largest absolute Gasteiger partial charge is 0.417 e. The zero-order valence-electron chi connectivity index (χ0n) is 10.4. The first-order chi connectivity index (χ1) is 9.86. The zero-order chi connectivity index (χ0) is 15.5. The summed E-state index contributed by atoms with van der Waals surface area (Å²) in [4.78, 5) is 11.6. The minimum absolute atomic E-state index is 0.0204. The molecule has 2 rings (SSSR count). The maximum Gasteiger partial charge on any atom is 0.417 e. The molecule has 0 bridgehead atoms. The molecule has 2 aromatic rings. The van der Waals surface area contributed by atoms with E-state index in [4.69, 9.17) is 16.3 Å². The van der Waals surface area contributed by atoms with Crippen molar-refractivity contribution in [1.82, 2.24) is 0 Å². The number of benzene rings is 2. The van der Waals surface area contributed by atoms with E-state index in [9.17, 15) is 18.0 Å². The van der Waals surface area contributed by atoms with Crippen LogP contribution in [0, 0.1) is 0 Å². The fourth-order valence-electron chi connectivity index (χ4n) is 1.53. The molecule has 0 aliphatic rings. The number of carbonyl (C=O) groups excluding carboxylic acids is 1. The molecule has 0 aliphatic heterocycles. The van der Waals surface area contributed by atoms with Crippen molar-refractivity contribution < 1.29 is 22.7 Å². The van der Waals surface area contributed by atoms with E-state index in [-0.39, 0.29) is 16.5 Å². The maximum atomic E-state index is 12.6. The summed E-state index contributed by atoms with van der Waals surface area (Å²) < 4.78 is 42.7. The summed E-state index contributed by atoms with van der Waals surface area (Å²) in [5.74, 6) is 0.262. The van der Waals surface area contributed by atoms with E-state index in [1.165, 1.54) is 12.1 Å². The van der Waals surface area contributed by atoms with Crippen LogP contribution in [0.15, 0.2) is 48.5 Å². The van der Waals surface area contributed by atoms with Crippen molar-refractivity contribution in [3.63, 3.8) is 0 Å². The quantitative estimate of drug-likeness (QED) is 0.849.